The number of hydrogen-bond donors (Lipinski definition) is 3. The minimum atomic E-state index is -0.390. The fourth-order valence-corrected chi connectivity index (χ4v) is 5.06. The van der Waals surface area contributed by atoms with Crippen molar-refractivity contribution in [3.05, 3.63) is 60.3 Å². The number of rotatable bonds is 5. The van der Waals surface area contributed by atoms with Crippen molar-refractivity contribution in [2.75, 3.05) is 10.5 Å². The van der Waals surface area contributed by atoms with Crippen LogP contribution in [0.2, 0.25) is 0 Å². The molecule has 0 amide bonds. The van der Waals surface area contributed by atoms with Crippen LogP contribution in [0.4, 0.5) is 15.9 Å². The van der Waals surface area contributed by atoms with E-state index in [1.807, 2.05) is 25.3 Å². The second-order valence-corrected chi connectivity index (χ2v) is 9.06. The molecule has 0 saturated heterocycles. The Morgan fingerprint density at radius 1 is 1.16 bits per heavy atom. The number of anilines is 2. The summed E-state index contributed by atoms with van der Waals surface area (Å²) in [4.78, 5) is 9.29. The molecule has 8 heteroatoms. The summed E-state index contributed by atoms with van der Waals surface area (Å²) in [5.74, 6) is 0.170. The zero-order valence-electron chi connectivity index (χ0n) is 17.7. The van der Waals surface area contributed by atoms with Gasteiger partial charge in [0.15, 0.2) is 0 Å². The number of phenolic OH excluding ortho intramolecular Hbond substituents is 1. The third-order valence-electron chi connectivity index (χ3n) is 6.02. The molecular formula is C24H24FN5OS. The lowest BCUT2D eigenvalue weighted by Gasteiger charge is -2.12. The van der Waals surface area contributed by atoms with Gasteiger partial charge in [-0.3, -0.25) is 0 Å². The van der Waals surface area contributed by atoms with Crippen LogP contribution in [-0.2, 0) is 0 Å². The summed E-state index contributed by atoms with van der Waals surface area (Å²) in [7, 11) is 0. The quantitative estimate of drug-likeness (QED) is 0.321. The van der Waals surface area contributed by atoms with E-state index in [0.717, 1.165) is 40.6 Å². The van der Waals surface area contributed by atoms with E-state index in [0.29, 0.717) is 22.4 Å². The van der Waals surface area contributed by atoms with Gasteiger partial charge in [-0.2, -0.15) is 0 Å². The van der Waals surface area contributed by atoms with E-state index in [9.17, 15) is 5.11 Å². The number of benzene rings is 2. The molecule has 0 aliphatic heterocycles. The minimum absolute atomic E-state index is 0.162. The maximum Gasteiger partial charge on any atom is 0.147 e. The van der Waals surface area contributed by atoms with Gasteiger partial charge in [-0.1, -0.05) is 25.0 Å². The Labute approximate surface area is 189 Å². The smallest absolute Gasteiger partial charge is 0.147 e. The topological polar surface area (TPSA) is 89.0 Å². The first kappa shape index (κ1) is 20.6. The van der Waals surface area contributed by atoms with E-state index in [1.165, 1.54) is 37.2 Å². The van der Waals surface area contributed by atoms with E-state index in [4.69, 9.17) is 5.73 Å². The van der Waals surface area contributed by atoms with Crippen LogP contribution in [-0.4, -0.2) is 19.6 Å². The standard InChI is InChI=1S/C24H24FN5OS/c1-14-6-9-21(20(31)10-14)32-29-19-8-7-15(11-18(19)25)17-12-30(16-4-2-3-5-16)24-22(17)23(26)27-13-28-24/h6-13,16,29,31H,2-5H2,1H3,(H2,26,27,28). The molecule has 4 N–H and O–H groups in total. The first-order valence-corrected chi connectivity index (χ1v) is 11.5. The lowest BCUT2D eigenvalue weighted by molar-refractivity contribution is 0.462. The number of aromatic hydroxyl groups is 1. The number of phenols is 1. The molecule has 4 aromatic rings. The van der Waals surface area contributed by atoms with Gasteiger partial charge in [-0.15, -0.1) is 0 Å². The second-order valence-electron chi connectivity index (χ2n) is 8.22. The Morgan fingerprint density at radius 3 is 2.72 bits per heavy atom. The van der Waals surface area contributed by atoms with E-state index >= 15 is 4.39 Å². The summed E-state index contributed by atoms with van der Waals surface area (Å²) < 4.78 is 20.2. The highest BCUT2D eigenvalue weighted by Crippen LogP contribution is 2.39. The molecule has 0 bridgehead atoms. The molecule has 2 aromatic carbocycles. The summed E-state index contributed by atoms with van der Waals surface area (Å²) in [6.07, 6.45) is 8.12. The van der Waals surface area contributed by atoms with Crippen molar-refractivity contribution in [1.82, 2.24) is 14.5 Å². The summed E-state index contributed by atoms with van der Waals surface area (Å²) in [6.45, 7) is 1.90. The Bertz CT molecular complexity index is 1300. The largest absolute Gasteiger partial charge is 0.507 e. The molecule has 1 saturated carbocycles. The monoisotopic (exact) mass is 449 g/mol. The van der Waals surface area contributed by atoms with Crippen molar-refractivity contribution < 1.29 is 9.50 Å². The number of halogens is 1. The average molecular weight is 450 g/mol. The van der Waals surface area contributed by atoms with Gasteiger partial charge < -0.3 is 20.1 Å². The second kappa shape index (κ2) is 8.35. The minimum Gasteiger partial charge on any atom is -0.507 e. The van der Waals surface area contributed by atoms with Crippen LogP contribution in [0.1, 0.15) is 37.3 Å². The van der Waals surface area contributed by atoms with Crippen molar-refractivity contribution in [3.63, 3.8) is 0 Å². The van der Waals surface area contributed by atoms with Gasteiger partial charge in [-0.05, 0) is 67.1 Å². The zero-order valence-corrected chi connectivity index (χ0v) is 18.5. The number of nitrogens with zero attached hydrogens (tertiary/aromatic N) is 3. The molecule has 0 atom stereocenters. The first-order chi connectivity index (χ1) is 15.5. The predicted molar refractivity (Wildman–Crippen MR) is 127 cm³/mol. The summed E-state index contributed by atoms with van der Waals surface area (Å²) >= 11 is 1.17. The maximum atomic E-state index is 15.0. The molecule has 5 rings (SSSR count). The van der Waals surface area contributed by atoms with Gasteiger partial charge in [0, 0.05) is 17.8 Å². The number of nitrogens with one attached hydrogen (secondary N) is 1. The van der Waals surface area contributed by atoms with Gasteiger partial charge in [0.2, 0.25) is 0 Å². The number of aromatic nitrogens is 3. The van der Waals surface area contributed by atoms with Gasteiger partial charge in [0.25, 0.3) is 0 Å². The molecular weight excluding hydrogens is 425 g/mol. The van der Waals surface area contributed by atoms with Gasteiger partial charge in [0.05, 0.1) is 16.0 Å². The zero-order chi connectivity index (χ0) is 22.2. The lowest BCUT2D eigenvalue weighted by atomic mass is 10.1. The van der Waals surface area contributed by atoms with Crippen molar-refractivity contribution in [2.45, 2.75) is 43.5 Å². The maximum absolute atomic E-state index is 15.0. The Morgan fingerprint density at radius 2 is 1.97 bits per heavy atom. The molecule has 1 aliphatic carbocycles. The highest BCUT2D eigenvalue weighted by Gasteiger charge is 2.23. The molecule has 32 heavy (non-hydrogen) atoms. The normalized spacial score (nSPS) is 14.3. The Kier molecular flexibility index (Phi) is 5.38. The van der Waals surface area contributed by atoms with E-state index in [1.54, 1.807) is 18.2 Å². The van der Waals surface area contributed by atoms with Gasteiger partial charge in [0.1, 0.15) is 29.4 Å². The fraction of sp³-hybridized carbons (Fsp3) is 0.250. The van der Waals surface area contributed by atoms with Crippen molar-refractivity contribution in [1.29, 1.82) is 0 Å². The third-order valence-corrected chi connectivity index (χ3v) is 6.91. The molecule has 0 spiro atoms. The lowest BCUT2D eigenvalue weighted by Crippen LogP contribution is -2.04. The molecule has 0 unspecified atom stereocenters. The summed E-state index contributed by atoms with van der Waals surface area (Å²) in [5.41, 5.74) is 9.86. The SMILES string of the molecule is Cc1ccc(SNc2ccc(-c3cn(C4CCCC4)c4ncnc(N)c34)cc2F)c(O)c1. The van der Waals surface area contributed by atoms with Crippen LogP contribution in [0.5, 0.6) is 5.75 Å². The van der Waals surface area contributed by atoms with Crippen LogP contribution in [0.3, 0.4) is 0 Å². The summed E-state index contributed by atoms with van der Waals surface area (Å²) in [5, 5.41) is 10.8. The van der Waals surface area contributed by atoms with Crippen LogP contribution < -0.4 is 10.5 Å². The number of aryl methyl sites for hydroxylation is 1. The van der Waals surface area contributed by atoms with Crippen LogP contribution in [0, 0.1) is 12.7 Å². The molecule has 2 heterocycles. The van der Waals surface area contributed by atoms with Crippen molar-refractivity contribution in [3.8, 4) is 16.9 Å². The first-order valence-electron chi connectivity index (χ1n) is 10.6. The van der Waals surface area contributed by atoms with E-state index in [2.05, 4.69) is 19.3 Å². The van der Waals surface area contributed by atoms with Crippen LogP contribution >= 0.6 is 11.9 Å². The highest BCUT2D eigenvalue weighted by atomic mass is 32.2. The Balaban J connectivity index is 1.47. The molecule has 164 valence electrons. The third kappa shape index (κ3) is 3.75. The molecule has 2 aromatic heterocycles. The predicted octanol–water partition coefficient (Wildman–Crippen LogP) is 6.07. The number of nitrogens with two attached hydrogens (primary N) is 1. The Hall–Kier alpha value is -3.26. The fourth-order valence-electron chi connectivity index (χ4n) is 4.38. The molecule has 6 nitrogen and oxygen atoms in total. The van der Waals surface area contributed by atoms with Crippen LogP contribution in [0.25, 0.3) is 22.2 Å². The average Bonchev–Trinajstić information content (AvgIpc) is 3.42. The van der Waals surface area contributed by atoms with E-state index < -0.39 is 5.82 Å². The number of hydrogen-bond acceptors (Lipinski definition) is 6. The number of nitrogen functional groups attached to an aromatic ring is 1. The van der Waals surface area contributed by atoms with Crippen LogP contribution in [0.15, 0.2) is 53.8 Å². The van der Waals surface area contributed by atoms with Gasteiger partial charge in [-0.25, -0.2) is 14.4 Å². The highest BCUT2D eigenvalue weighted by molar-refractivity contribution is 8.00. The molecule has 0 radical (unpaired) electrons. The molecule has 1 aliphatic rings. The number of fused-ring (bicyclic) bond motifs is 1. The summed E-state index contributed by atoms with van der Waals surface area (Å²) in [6, 6.07) is 10.8. The molecule has 1 fully saturated rings. The van der Waals surface area contributed by atoms with E-state index in [-0.39, 0.29) is 5.75 Å². The van der Waals surface area contributed by atoms with Crippen molar-refractivity contribution in [2.24, 2.45) is 0 Å². The van der Waals surface area contributed by atoms with Gasteiger partial charge >= 0.3 is 0 Å². The van der Waals surface area contributed by atoms with Crippen molar-refractivity contribution >= 4 is 34.5 Å².